The molecule has 2 fully saturated rings. The first kappa shape index (κ1) is 116. The van der Waals surface area contributed by atoms with Gasteiger partial charge in [0, 0.05) is 32.0 Å². The van der Waals surface area contributed by atoms with Crippen LogP contribution in [0.5, 0.6) is 5.75 Å². The van der Waals surface area contributed by atoms with Gasteiger partial charge in [-0.2, -0.15) is 0 Å². The van der Waals surface area contributed by atoms with E-state index in [4.69, 9.17) is 45.5 Å². The third kappa shape index (κ3) is 33.0. The van der Waals surface area contributed by atoms with E-state index in [1.54, 1.807) is 113 Å². The molecule has 0 saturated carbocycles. The summed E-state index contributed by atoms with van der Waals surface area (Å²) in [5.41, 5.74) is -2.37. The highest BCUT2D eigenvalue weighted by molar-refractivity contribution is 7.91. The fourth-order valence-corrected chi connectivity index (χ4v) is 22.3. The summed E-state index contributed by atoms with van der Waals surface area (Å²) in [5.74, 6) is -7.94. The van der Waals surface area contributed by atoms with Crippen molar-refractivity contribution in [2.45, 2.75) is 420 Å². The first-order valence-electron chi connectivity index (χ1n) is 45.8. The van der Waals surface area contributed by atoms with Gasteiger partial charge in [0.15, 0.2) is 51.4 Å². The fraction of sp³-hybridized carbons (Fsp3) is 0.763. The predicted molar refractivity (Wildman–Crippen MR) is 526 cm³/mol. The molecule has 12 atom stereocenters. The number of carbonyl (C=O) groups excluding carboxylic acids is 10. The molecule has 2 saturated heterocycles. The van der Waals surface area contributed by atoms with Crippen LogP contribution in [-0.4, -0.2) is 248 Å². The number of benzene rings is 2. The van der Waals surface area contributed by atoms with Gasteiger partial charge in [-0.05, 0) is 215 Å². The van der Waals surface area contributed by atoms with Crippen LogP contribution in [0, 0.1) is 5.92 Å². The Hall–Kier alpha value is -6.41. The molecular weight excluding hydrogens is 1780 g/mol. The molecule has 0 aliphatic carbocycles. The number of amides is 10. The maximum absolute atomic E-state index is 17.2. The number of ether oxygens (including phenoxy) is 4. The van der Waals surface area contributed by atoms with Crippen molar-refractivity contribution in [2.24, 2.45) is 5.92 Å². The van der Waals surface area contributed by atoms with E-state index in [0.717, 1.165) is 0 Å². The number of hydrogen-bond acceptors (Lipinski definition) is 22. The van der Waals surface area contributed by atoms with Gasteiger partial charge in [-0.25, -0.2) is 27.6 Å². The van der Waals surface area contributed by atoms with Crippen molar-refractivity contribution in [1.29, 1.82) is 0 Å². The lowest BCUT2D eigenvalue weighted by atomic mass is 9.99. The van der Waals surface area contributed by atoms with Crippen molar-refractivity contribution < 1.29 is 102 Å². The van der Waals surface area contributed by atoms with E-state index in [9.17, 15) is 27.6 Å². The van der Waals surface area contributed by atoms with Crippen molar-refractivity contribution >= 4 is 120 Å². The molecule has 37 heteroatoms. The van der Waals surface area contributed by atoms with Gasteiger partial charge >= 0.3 is 24.4 Å². The van der Waals surface area contributed by atoms with E-state index in [0.29, 0.717) is 16.9 Å². The fourth-order valence-electron chi connectivity index (χ4n) is 13.0. The minimum Gasteiger partial charge on any atom is -0.544 e. The molecule has 2 aliphatic heterocycles. The summed E-state index contributed by atoms with van der Waals surface area (Å²) in [4.78, 5) is 159. The average Bonchev–Trinajstić information content (AvgIpc) is 1.60. The number of sulfone groups is 1. The van der Waals surface area contributed by atoms with E-state index in [2.05, 4.69) is 60.4 Å². The summed E-state index contributed by atoms with van der Waals surface area (Å²) in [5, 5.41) is 11.2. The molecule has 130 heavy (non-hydrogen) atoms. The van der Waals surface area contributed by atoms with Gasteiger partial charge < -0.3 is 81.9 Å². The first-order chi connectivity index (χ1) is 58.2. The molecule has 0 spiro atoms. The van der Waals surface area contributed by atoms with Crippen LogP contribution < -0.4 is 31.0 Å². The minimum atomic E-state index is -4.44. The Morgan fingerprint density at radius 2 is 0.892 bits per heavy atom. The van der Waals surface area contributed by atoms with Gasteiger partial charge in [-0.15, -0.1) is 4.90 Å². The van der Waals surface area contributed by atoms with E-state index in [1.165, 1.54) is 9.80 Å². The molecule has 0 aromatic heterocycles. The summed E-state index contributed by atoms with van der Waals surface area (Å²) < 4.78 is 94.4. The Morgan fingerprint density at radius 1 is 0.469 bits per heavy atom. The molecule has 2 aromatic rings. The molecule has 10 amide bonds. The Labute approximate surface area is 785 Å². The highest BCUT2D eigenvalue weighted by Gasteiger charge is 2.58. The van der Waals surface area contributed by atoms with Crippen LogP contribution >= 0.6 is 0 Å². The van der Waals surface area contributed by atoms with E-state index in [1.807, 2.05) is 194 Å². The summed E-state index contributed by atoms with van der Waals surface area (Å²) >= 11 is 0. The second-order valence-corrected chi connectivity index (χ2v) is 78.4. The van der Waals surface area contributed by atoms with Gasteiger partial charge in [-0.1, -0.05) is 174 Å². The molecule has 4 rings (SSSR count). The van der Waals surface area contributed by atoms with Gasteiger partial charge in [0.2, 0.25) is 37.9 Å². The smallest absolute Gasteiger partial charge is 0.426 e. The Morgan fingerprint density at radius 3 is 1.33 bits per heavy atom. The van der Waals surface area contributed by atoms with Gasteiger partial charge in [-0.3, -0.25) is 28.8 Å². The monoisotopic (exact) mass is 1950 g/mol. The molecule has 12 unspecified atom stereocenters. The summed E-state index contributed by atoms with van der Waals surface area (Å²) in [7, 11) is -22.0. The standard InChI is InChI=1S/C93H168N8O22SSi6/c1-60-56-100(73(74(60)123-130(41,42)93(28,29)30)80(107)101(83(110)116-86(7,8)9)84(111)117-87(10,11)12)79(106)71(62(3)119-126(33,34)89(16,17)18)97-77(104)72(69(122-129(39,40)92(25,26)27)54-63-48-50-65(51-49-63)120-127(35,36)90(19,20)21)98-76(103)68-55-66(121-128(37,38)91(22,23)24)57-99(68)78(105)70(61(2)118-125(31,32)88(13,14)15)96-75(102)67(95-82(109)115-85(4,5)6)59-124(112,113)53-52-94-81(108)114-58-64-46-44-43-45-47-64/h43-51,60-62,66-74H,52-59H2,1-42H3,(H,94,108)(H,95,109)(H,96,102)(H,97,104)(H,98,103). The van der Waals surface area contributed by atoms with Crippen LogP contribution in [-0.2, 0) is 92.7 Å². The maximum atomic E-state index is 17.2. The van der Waals surface area contributed by atoms with Crippen molar-refractivity contribution in [3.8, 4) is 5.75 Å². The topological polar surface area (TPSA) is 367 Å². The number of nitrogens with zero attached hydrogens (tertiary/aromatic N) is 3. The van der Waals surface area contributed by atoms with E-state index < -0.39 is 252 Å². The maximum Gasteiger partial charge on any atom is 0.426 e. The molecule has 2 heterocycles. The highest BCUT2D eigenvalue weighted by atomic mass is 32.2. The zero-order valence-corrected chi connectivity index (χ0v) is 93.8. The van der Waals surface area contributed by atoms with Crippen LogP contribution in [0.25, 0.3) is 0 Å². The summed E-state index contributed by atoms with van der Waals surface area (Å²) in [6.45, 7) is 78.7. The number of likely N-dealkylation sites (tertiary alicyclic amines) is 2. The third-order valence-electron chi connectivity index (χ3n) is 26.7. The van der Waals surface area contributed by atoms with Crippen LogP contribution in [0.15, 0.2) is 54.6 Å². The lowest BCUT2D eigenvalue weighted by Gasteiger charge is -2.43. The lowest BCUT2D eigenvalue weighted by molar-refractivity contribution is -0.149. The van der Waals surface area contributed by atoms with Crippen molar-refractivity contribution in [3.63, 3.8) is 0 Å². The largest absolute Gasteiger partial charge is 0.544 e. The SMILES string of the molecule is CC1CN(C(=O)C(NC(=O)C(NC(=O)C2CC(O[Si](C)(C)C(C)(C)C)CN2C(=O)C(NC(=O)C(CS(=O)(=O)CCNC(=O)OCc2ccccc2)NC(=O)OC(C)(C)C)C(C)O[Si](C)(C)C(C)(C)C)C(Cc2ccc(O[Si](C)(C)C(C)(C)C)cc2)O[Si](C)(C)C(C)(C)C)C(C)O[Si](C)(C)C(C)(C)C)C(C(=O)N(C(=O)OC(C)(C)C)C(=O)OC(C)(C)C)C1O[Si](C)(C)C(C)(C)C. The second kappa shape index (κ2) is 42.9. The number of alkyl carbamates (subject to hydrolysis) is 2. The first-order valence-corrected chi connectivity index (χ1v) is 65.1. The zero-order valence-electron chi connectivity index (χ0n) is 87.0. The molecule has 742 valence electrons. The Kier molecular flexibility index (Phi) is 38.2. The van der Waals surface area contributed by atoms with E-state index in [-0.39, 0.29) is 42.5 Å². The van der Waals surface area contributed by atoms with Crippen LogP contribution in [0.3, 0.4) is 0 Å². The van der Waals surface area contributed by atoms with Crippen molar-refractivity contribution in [1.82, 2.24) is 41.3 Å². The molecule has 2 aliphatic rings. The number of hydrogen-bond donors (Lipinski definition) is 5. The molecule has 0 radical (unpaired) electrons. The zero-order chi connectivity index (χ0) is 101. The highest BCUT2D eigenvalue weighted by Crippen LogP contribution is 2.46. The van der Waals surface area contributed by atoms with E-state index >= 15 is 28.8 Å². The molecule has 0 bridgehead atoms. The average molecular weight is 1950 g/mol. The van der Waals surface area contributed by atoms with Crippen LogP contribution in [0.4, 0.5) is 19.2 Å². The molecule has 2 aromatic carbocycles. The number of imide groups is 3. The summed E-state index contributed by atoms with van der Waals surface area (Å²) in [6.07, 6.45) is -11.1. The van der Waals surface area contributed by atoms with Gasteiger partial charge in [0.1, 0.15) is 65.4 Å². The molecule has 30 nitrogen and oxygen atoms in total. The normalized spacial score (nSPS) is 19.3. The number of nitrogens with one attached hydrogen (secondary N) is 5. The molecular formula is C93H168N8O22SSi6. The van der Waals surface area contributed by atoms with Crippen molar-refractivity contribution in [2.75, 3.05) is 31.1 Å². The Bertz CT molecular complexity index is 4330. The molecule has 5 N–H and O–H groups in total. The minimum absolute atomic E-state index is 0.0788. The second-order valence-electron chi connectivity index (χ2n) is 47.7. The van der Waals surface area contributed by atoms with Crippen molar-refractivity contribution in [3.05, 3.63) is 65.7 Å². The quantitative estimate of drug-likeness (QED) is 0.0321. The number of rotatable bonds is 34. The summed E-state index contributed by atoms with van der Waals surface area (Å²) in [6, 6.07) is 5.54. The number of carbonyl (C=O) groups is 10. The lowest BCUT2D eigenvalue weighted by Crippen LogP contribution is -2.66. The van der Waals surface area contributed by atoms with Gasteiger partial charge in [0.25, 0.3) is 5.91 Å². The third-order valence-corrected chi connectivity index (χ3v) is 55.3. The Balaban J connectivity index is 2.23. The van der Waals surface area contributed by atoms with Gasteiger partial charge in [0.05, 0.1) is 42.0 Å². The predicted octanol–water partition coefficient (Wildman–Crippen LogP) is 17.4. The van der Waals surface area contributed by atoms with Crippen LogP contribution in [0.2, 0.25) is 109 Å². The van der Waals surface area contributed by atoms with Crippen LogP contribution in [0.1, 0.15) is 225 Å².